The lowest BCUT2D eigenvalue weighted by Crippen LogP contribution is -2.03. The molecular formula is C13H15N3O. The molecule has 0 radical (unpaired) electrons. The highest BCUT2D eigenvalue weighted by atomic mass is 16.5. The Morgan fingerprint density at radius 2 is 1.82 bits per heavy atom. The summed E-state index contributed by atoms with van der Waals surface area (Å²) in [5, 5.41) is 0. The molecule has 4 nitrogen and oxygen atoms in total. The van der Waals surface area contributed by atoms with Gasteiger partial charge in [0.1, 0.15) is 5.75 Å². The van der Waals surface area contributed by atoms with Crippen molar-refractivity contribution in [2.24, 2.45) is 5.73 Å². The molecule has 88 valence electrons. The highest BCUT2D eigenvalue weighted by molar-refractivity contribution is 5.62. The van der Waals surface area contributed by atoms with E-state index in [0.29, 0.717) is 13.2 Å². The summed E-state index contributed by atoms with van der Waals surface area (Å²) in [6, 6.07) is 7.78. The van der Waals surface area contributed by atoms with E-state index >= 15 is 0 Å². The molecule has 2 aromatic rings. The molecule has 0 aliphatic rings. The Morgan fingerprint density at radius 3 is 2.47 bits per heavy atom. The third-order valence-corrected chi connectivity index (χ3v) is 2.41. The van der Waals surface area contributed by atoms with Gasteiger partial charge in [-0.25, -0.2) is 0 Å². The fourth-order valence-corrected chi connectivity index (χ4v) is 1.63. The molecule has 2 N–H and O–H groups in total. The molecule has 0 amide bonds. The van der Waals surface area contributed by atoms with Crippen molar-refractivity contribution in [3.8, 4) is 17.0 Å². The van der Waals surface area contributed by atoms with Crippen molar-refractivity contribution in [1.29, 1.82) is 0 Å². The monoisotopic (exact) mass is 229 g/mol. The van der Waals surface area contributed by atoms with Gasteiger partial charge < -0.3 is 10.5 Å². The lowest BCUT2D eigenvalue weighted by Gasteiger charge is -2.07. The summed E-state index contributed by atoms with van der Waals surface area (Å²) in [5.74, 6) is 0.856. The minimum Gasteiger partial charge on any atom is -0.494 e. The second-order valence-electron chi connectivity index (χ2n) is 3.51. The maximum Gasteiger partial charge on any atom is 0.119 e. The number of aromatic nitrogens is 2. The van der Waals surface area contributed by atoms with E-state index in [1.165, 1.54) is 0 Å². The molecule has 0 saturated heterocycles. The second kappa shape index (κ2) is 5.41. The van der Waals surface area contributed by atoms with Crippen molar-refractivity contribution >= 4 is 0 Å². The summed E-state index contributed by atoms with van der Waals surface area (Å²) >= 11 is 0. The van der Waals surface area contributed by atoms with Crippen molar-refractivity contribution < 1.29 is 4.74 Å². The average Bonchev–Trinajstić information content (AvgIpc) is 2.40. The summed E-state index contributed by atoms with van der Waals surface area (Å²) in [4.78, 5) is 8.53. The van der Waals surface area contributed by atoms with Gasteiger partial charge in [-0.15, -0.1) is 0 Å². The standard InChI is InChI=1S/C13H15N3O/c1-2-17-11-5-3-10(4-6-11)13-12(9-14)15-7-8-16-13/h3-8H,2,9,14H2,1H3. The number of benzene rings is 1. The second-order valence-corrected chi connectivity index (χ2v) is 3.51. The average molecular weight is 229 g/mol. The first-order valence-corrected chi connectivity index (χ1v) is 5.58. The van der Waals surface area contributed by atoms with Crippen LogP contribution in [0.15, 0.2) is 36.7 Å². The van der Waals surface area contributed by atoms with Crippen molar-refractivity contribution in [2.75, 3.05) is 6.61 Å². The van der Waals surface area contributed by atoms with Gasteiger partial charge >= 0.3 is 0 Å². The van der Waals surface area contributed by atoms with Crippen LogP contribution >= 0.6 is 0 Å². The molecule has 0 spiro atoms. The first kappa shape index (κ1) is 11.5. The molecule has 0 saturated carbocycles. The van der Waals surface area contributed by atoms with Gasteiger partial charge in [0.15, 0.2) is 0 Å². The highest BCUT2D eigenvalue weighted by Gasteiger charge is 2.06. The van der Waals surface area contributed by atoms with Gasteiger partial charge in [0.05, 0.1) is 18.0 Å². The van der Waals surface area contributed by atoms with Gasteiger partial charge in [0.2, 0.25) is 0 Å². The Bertz CT molecular complexity index is 482. The zero-order chi connectivity index (χ0) is 12.1. The number of hydrogen-bond donors (Lipinski definition) is 1. The summed E-state index contributed by atoms with van der Waals surface area (Å²) in [7, 11) is 0. The predicted octanol–water partition coefficient (Wildman–Crippen LogP) is 2.00. The number of ether oxygens (including phenoxy) is 1. The summed E-state index contributed by atoms with van der Waals surface area (Å²) < 4.78 is 5.39. The molecule has 0 atom stereocenters. The molecule has 0 aliphatic carbocycles. The van der Waals surface area contributed by atoms with Crippen LogP contribution in [0, 0.1) is 0 Å². The lowest BCUT2D eigenvalue weighted by atomic mass is 10.1. The van der Waals surface area contributed by atoms with Crippen molar-refractivity contribution in [3.05, 3.63) is 42.4 Å². The Morgan fingerprint density at radius 1 is 1.12 bits per heavy atom. The molecule has 1 aromatic heterocycles. The molecule has 0 unspecified atom stereocenters. The summed E-state index contributed by atoms with van der Waals surface area (Å²) in [6.07, 6.45) is 3.32. The van der Waals surface area contributed by atoms with Gasteiger partial charge in [-0.05, 0) is 31.2 Å². The number of hydrogen-bond acceptors (Lipinski definition) is 4. The van der Waals surface area contributed by atoms with Gasteiger partial charge in [-0.2, -0.15) is 0 Å². The maximum absolute atomic E-state index is 5.64. The van der Waals surface area contributed by atoms with Crippen molar-refractivity contribution in [3.63, 3.8) is 0 Å². The topological polar surface area (TPSA) is 61.0 Å². The van der Waals surface area contributed by atoms with E-state index < -0.39 is 0 Å². The Hall–Kier alpha value is -1.94. The first-order valence-electron chi connectivity index (χ1n) is 5.58. The van der Waals surface area contributed by atoms with E-state index in [0.717, 1.165) is 22.7 Å². The van der Waals surface area contributed by atoms with Crippen LogP contribution < -0.4 is 10.5 Å². The SMILES string of the molecule is CCOc1ccc(-c2nccnc2CN)cc1. The number of nitrogens with two attached hydrogens (primary N) is 1. The smallest absolute Gasteiger partial charge is 0.119 e. The molecule has 1 aromatic carbocycles. The Kier molecular flexibility index (Phi) is 3.67. The van der Waals surface area contributed by atoms with Gasteiger partial charge in [-0.3, -0.25) is 9.97 Å². The Balaban J connectivity index is 2.33. The van der Waals surface area contributed by atoms with Crippen LogP contribution in [0.25, 0.3) is 11.3 Å². The van der Waals surface area contributed by atoms with Crippen LogP contribution in [0.2, 0.25) is 0 Å². The molecule has 0 aliphatic heterocycles. The molecule has 4 heteroatoms. The highest BCUT2D eigenvalue weighted by Crippen LogP contribution is 2.22. The minimum absolute atomic E-state index is 0.385. The maximum atomic E-state index is 5.64. The van der Waals surface area contributed by atoms with Crippen LogP contribution in [-0.4, -0.2) is 16.6 Å². The minimum atomic E-state index is 0.385. The molecule has 2 rings (SSSR count). The Labute approximate surface area is 100 Å². The van der Waals surface area contributed by atoms with E-state index in [9.17, 15) is 0 Å². The zero-order valence-electron chi connectivity index (χ0n) is 9.76. The first-order chi connectivity index (χ1) is 8.35. The third kappa shape index (κ3) is 2.60. The van der Waals surface area contributed by atoms with Crippen molar-refractivity contribution in [1.82, 2.24) is 9.97 Å². The van der Waals surface area contributed by atoms with E-state index in [-0.39, 0.29) is 0 Å². The normalized spacial score (nSPS) is 10.2. The van der Waals surface area contributed by atoms with Crippen LogP contribution in [0.1, 0.15) is 12.6 Å². The largest absolute Gasteiger partial charge is 0.494 e. The van der Waals surface area contributed by atoms with Gasteiger partial charge in [0.25, 0.3) is 0 Å². The van der Waals surface area contributed by atoms with Gasteiger partial charge in [-0.1, -0.05) is 0 Å². The van der Waals surface area contributed by atoms with E-state index in [1.807, 2.05) is 31.2 Å². The van der Waals surface area contributed by atoms with E-state index in [4.69, 9.17) is 10.5 Å². The fraction of sp³-hybridized carbons (Fsp3) is 0.231. The fourth-order valence-electron chi connectivity index (χ4n) is 1.63. The lowest BCUT2D eigenvalue weighted by molar-refractivity contribution is 0.340. The van der Waals surface area contributed by atoms with Crippen LogP contribution in [0.3, 0.4) is 0 Å². The van der Waals surface area contributed by atoms with Crippen LogP contribution in [-0.2, 0) is 6.54 Å². The molecule has 17 heavy (non-hydrogen) atoms. The predicted molar refractivity (Wildman–Crippen MR) is 66.5 cm³/mol. The summed E-state index contributed by atoms with van der Waals surface area (Å²) in [6.45, 7) is 3.01. The van der Waals surface area contributed by atoms with Crippen molar-refractivity contribution in [2.45, 2.75) is 13.5 Å². The quantitative estimate of drug-likeness (QED) is 0.871. The molecule has 0 bridgehead atoms. The van der Waals surface area contributed by atoms with Crippen LogP contribution in [0.4, 0.5) is 0 Å². The van der Waals surface area contributed by atoms with E-state index in [1.54, 1.807) is 12.4 Å². The summed E-state index contributed by atoms with van der Waals surface area (Å²) in [5.41, 5.74) is 8.27. The zero-order valence-corrected chi connectivity index (χ0v) is 9.76. The van der Waals surface area contributed by atoms with Crippen LogP contribution in [0.5, 0.6) is 5.75 Å². The molecular weight excluding hydrogens is 214 g/mol. The third-order valence-electron chi connectivity index (χ3n) is 2.41. The number of nitrogens with zero attached hydrogens (tertiary/aromatic N) is 2. The van der Waals surface area contributed by atoms with E-state index in [2.05, 4.69) is 9.97 Å². The molecule has 0 fully saturated rings. The van der Waals surface area contributed by atoms with Gasteiger partial charge in [0, 0.05) is 24.5 Å². The molecule has 1 heterocycles. The number of rotatable bonds is 4.